The van der Waals surface area contributed by atoms with Crippen molar-refractivity contribution in [2.45, 2.75) is 31.2 Å². The van der Waals surface area contributed by atoms with Gasteiger partial charge in [-0.15, -0.1) is 0 Å². The van der Waals surface area contributed by atoms with Crippen LogP contribution >= 0.6 is 23.2 Å². The van der Waals surface area contributed by atoms with Crippen LogP contribution in [-0.4, -0.2) is 25.0 Å². The molecule has 0 aliphatic carbocycles. The molecule has 5 nitrogen and oxygen atoms in total. The van der Waals surface area contributed by atoms with E-state index in [9.17, 15) is 13.2 Å². The van der Waals surface area contributed by atoms with Crippen molar-refractivity contribution in [3.8, 4) is 0 Å². The van der Waals surface area contributed by atoms with Gasteiger partial charge in [0.1, 0.15) is 4.90 Å². The normalized spacial score (nSPS) is 12.5. The summed E-state index contributed by atoms with van der Waals surface area (Å²) in [5.74, 6) is -1.33. The molecule has 106 valence electrons. The van der Waals surface area contributed by atoms with Crippen LogP contribution in [0.15, 0.2) is 17.0 Å². The Bertz CT molecular complexity index is 620. The van der Waals surface area contributed by atoms with Gasteiger partial charge in [0.2, 0.25) is 10.0 Å². The van der Waals surface area contributed by atoms with E-state index in [1.165, 1.54) is 0 Å². The molecule has 0 aromatic heterocycles. The second kappa shape index (κ2) is 5.28. The van der Waals surface area contributed by atoms with E-state index in [2.05, 4.69) is 4.72 Å². The summed E-state index contributed by atoms with van der Waals surface area (Å²) in [7, 11) is -3.93. The minimum Gasteiger partial charge on any atom is -0.478 e. The van der Waals surface area contributed by atoms with Crippen molar-refractivity contribution in [3.05, 3.63) is 27.7 Å². The fourth-order valence-corrected chi connectivity index (χ4v) is 3.63. The molecule has 1 aromatic rings. The highest BCUT2D eigenvalue weighted by atomic mass is 35.5. The summed E-state index contributed by atoms with van der Waals surface area (Å²) >= 11 is 11.5. The van der Waals surface area contributed by atoms with Gasteiger partial charge in [0.05, 0.1) is 15.6 Å². The molecule has 0 spiro atoms. The number of halogens is 2. The Labute approximate surface area is 121 Å². The predicted octanol–water partition coefficient (Wildman–Crippen LogP) is 2.77. The first-order valence-electron chi connectivity index (χ1n) is 5.20. The maximum Gasteiger partial charge on any atom is 0.337 e. The molecule has 1 aromatic carbocycles. The van der Waals surface area contributed by atoms with E-state index < -0.39 is 21.5 Å². The SMILES string of the molecule is CC(C)(C)NS(=O)(=O)c1cc(C(=O)O)c(Cl)cc1Cl. The second-order valence-corrected chi connectivity index (χ2v) is 7.39. The van der Waals surface area contributed by atoms with Crippen molar-refractivity contribution in [3.63, 3.8) is 0 Å². The fraction of sp³-hybridized carbons (Fsp3) is 0.364. The summed E-state index contributed by atoms with van der Waals surface area (Å²) in [4.78, 5) is 10.6. The minimum atomic E-state index is -3.93. The van der Waals surface area contributed by atoms with Gasteiger partial charge in [0.25, 0.3) is 0 Å². The molecule has 0 saturated carbocycles. The van der Waals surface area contributed by atoms with Gasteiger partial charge in [-0.05, 0) is 32.9 Å². The van der Waals surface area contributed by atoms with Crippen LogP contribution in [0.1, 0.15) is 31.1 Å². The largest absolute Gasteiger partial charge is 0.478 e. The Hall–Kier alpha value is -0.820. The molecule has 0 saturated heterocycles. The third kappa shape index (κ3) is 4.07. The molecular formula is C11H13Cl2NO4S. The smallest absolute Gasteiger partial charge is 0.337 e. The molecule has 0 atom stereocenters. The second-order valence-electron chi connectivity index (χ2n) is 4.92. The molecule has 0 unspecified atom stereocenters. The average molecular weight is 326 g/mol. The van der Waals surface area contributed by atoms with E-state index in [-0.39, 0.29) is 20.5 Å². The third-order valence-corrected chi connectivity index (χ3v) is 4.52. The molecule has 1 rings (SSSR count). The van der Waals surface area contributed by atoms with Gasteiger partial charge >= 0.3 is 5.97 Å². The molecule has 0 amide bonds. The van der Waals surface area contributed by atoms with Crippen molar-refractivity contribution in [2.24, 2.45) is 0 Å². The number of benzene rings is 1. The maximum atomic E-state index is 12.1. The first-order chi connectivity index (χ1) is 8.44. The van der Waals surface area contributed by atoms with Crippen molar-refractivity contribution in [1.82, 2.24) is 4.72 Å². The molecule has 0 radical (unpaired) electrons. The standard InChI is InChI=1S/C11H13Cl2NO4S/c1-11(2,3)14-19(17,18)9-4-6(10(15)16)7(12)5-8(9)13/h4-5,14H,1-3H3,(H,15,16). The van der Waals surface area contributed by atoms with Crippen molar-refractivity contribution >= 4 is 39.2 Å². The van der Waals surface area contributed by atoms with Gasteiger partial charge in [-0.25, -0.2) is 17.9 Å². The highest BCUT2D eigenvalue weighted by Gasteiger charge is 2.26. The molecule has 0 fully saturated rings. The third-order valence-electron chi connectivity index (χ3n) is 1.98. The topological polar surface area (TPSA) is 83.5 Å². The number of aromatic carboxylic acids is 1. The van der Waals surface area contributed by atoms with Crippen LogP contribution < -0.4 is 4.72 Å². The maximum absolute atomic E-state index is 12.1. The lowest BCUT2D eigenvalue weighted by Gasteiger charge is -2.21. The number of hydrogen-bond acceptors (Lipinski definition) is 3. The van der Waals surface area contributed by atoms with E-state index in [1.54, 1.807) is 20.8 Å². The first-order valence-corrected chi connectivity index (χ1v) is 7.44. The summed E-state index contributed by atoms with van der Waals surface area (Å²) in [5.41, 5.74) is -1.04. The van der Waals surface area contributed by atoms with Gasteiger partial charge in [-0.1, -0.05) is 23.2 Å². The number of carbonyl (C=O) groups is 1. The van der Waals surface area contributed by atoms with Gasteiger partial charge in [0.15, 0.2) is 0 Å². The summed E-state index contributed by atoms with van der Waals surface area (Å²) in [5, 5.41) is 8.69. The molecule has 2 N–H and O–H groups in total. The zero-order valence-electron chi connectivity index (χ0n) is 10.5. The lowest BCUT2D eigenvalue weighted by atomic mass is 10.1. The number of rotatable bonds is 3. The van der Waals surface area contributed by atoms with Crippen LogP contribution in [-0.2, 0) is 10.0 Å². The summed E-state index contributed by atoms with van der Waals surface area (Å²) in [6.07, 6.45) is 0. The van der Waals surface area contributed by atoms with E-state index in [1.807, 2.05) is 0 Å². The Balaban J connectivity index is 3.43. The molecular weight excluding hydrogens is 313 g/mol. The van der Waals surface area contributed by atoms with Crippen molar-refractivity contribution in [2.75, 3.05) is 0 Å². The number of carboxylic acids is 1. The molecule has 0 aliphatic heterocycles. The minimum absolute atomic E-state index is 0.118. The van der Waals surface area contributed by atoms with Crippen LogP contribution in [0, 0.1) is 0 Å². The van der Waals surface area contributed by atoms with Crippen LogP contribution in [0.25, 0.3) is 0 Å². The van der Waals surface area contributed by atoms with Crippen LogP contribution in [0.4, 0.5) is 0 Å². The van der Waals surface area contributed by atoms with E-state index in [0.717, 1.165) is 12.1 Å². The number of nitrogens with one attached hydrogen (secondary N) is 1. The van der Waals surface area contributed by atoms with Gasteiger partial charge in [-0.2, -0.15) is 0 Å². The van der Waals surface area contributed by atoms with Crippen LogP contribution in [0.3, 0.4) is 0 Å². The molecule has 19 heavy (non-hydrogen) atoms. The number of hydrogen-bond donors (Lipinski definition) is 2. The summed E-state index contributed by atoms with van der Waals surface area (Å²) in [6.45, 7) is 4.98. The average Bonchev–Trinajstić information content (AvgIpc) is 2.11. The van der Waals surface area contributed by atoms with Gasteiger partial charge in [0, 0.05) is 5.54 Å². The monoisotopic (exact) mass is 325 g/mol. The lowest BCUT2D eigenvalue weighted by Crippen LogP contribution is -2.40. The lowest BCUT2D eigenvalue weighted by molar-refractivity contribution is 0.0697. The number of sulfonamides is 1. The molecule has 0 bridgehead atoms. The van der Waals surface area contributed by atoms with E-state index >= 15 is 0 Å². The highest BCUT2D eigenvalue weighted by molar-refractivity contribution is 7.89. The summed E-state index contributed by atoms with van der Waals surface area (Å²) < 4.78 is 26.6. The van der Waals surface area contributed by atoms with Crippen LogP contribution in [0.5, 0.6) is 0 Å². The van der Waals surface area contributed by atoms with Gasteiger partial charge < -0.3 is 5.11 Å². The highest BCUT2D eigenvalue weighted by Crippen LogP contribution is 2.29. The zero-order valence-corrected chi connectivity index (χ0v) is 12.8. The van der Waals surface area contributed by atoms with Crippen molar-refractivity contribution in [1.29, 1.82) is 0 Å². The molecule has 8 heteroatoms. The Morgan fingerprint density at radius 1 is 1.21 bits per heavy atom. The molecule has 0 aliphatic rings. The fourth-order valence-electron chi connectivity index (χ4n) is 1.36. The van der Waals surface area contributed by atoms with Crippen LogP contribution in [0.2, 0.25) is 10.0 Å². The Morgan fingerprint density at radius 3 is 2.16 bits per heavy atom. The van der Waals surface area contributed by atoms with E-state index in [0.29, 0.717) is 0 Å². The predicted molar refractivity (Wildman–Crippen MR) is 73.5 cm³/mol. The molecule has 0 heterocycles. The quantitative estimate of drug-likeness (QED) is 0.895. The zero-order chi connectivity index (χ0) is 15.0. The Kier molecular flexibility index (Phi) is 4.51. The summed E-state index contributed by atoms with van der Waals surface area (Å²) in [6, 6.07) is 2.05. The Morgan fingerprint density at radius 2 is 1.74 bits per heavy atom. The van der Waals surface area contributed by atoms with E-state index in [4.69, 9.17) is 28.3 Å². The number of carboxylic acid groups (broad SMARTS) is 1. The first kappa shape index (κ1) is 16.2. The van der Waals surface area contributed by atoms with Gasteiger partial charge in [-0.3, -0.25) is 0 Å². The van der Waals surface area contributed by atoms with Crippen molar-refractivity contribution < 1.29 is 18.3 Å².